The highest BCUT2D eigenvalue weighted by Crippen LogP contribution is 2.32. The van der Waals surface area contributed by atoms with Crippen molar-refractivity contribution in [1.29, 1.82) is 0 Å². The van der Waals surface area contributed by atoms with Crippen LogP contribution in [-0.2, 0) is 12.7 Å². The highest BCUT2D eigenvalue weighted by molar-refractivity contribution is 7.99. The zero-order chi connectivity index (χ0) is 14.3. The molecule has 0 aliphatic carbocycles. The summed E-state index contributed by atoms with van der Waals surface area (Å²) >= 11 is 1.52. The highest BCUT2D eigenvalue weighted by Gasteiger charge is 2.33. The molecule has 0 fully saturated rings. The molecule has 0 unspecified atom stereocenters. The first kappa shape index (κ1) is 15.9. The fraction of sp³-hybridized carbons (Fsp3) is 0.385. The van der Waals surface area contributed by atoms with Gasteiger partial charge in [0.05, 0.1) is 11.3 Å². The van der Waals surface area contributed by atoms with E-state index in [2.05, 4.69) is 11.2 Å². The van der Waals surface area contributed by atoms with Crippen molar-refractivity contribution in [2.45, 2.75) is 12.7 Å². The van der Waals surface area contributed by atoms with Crippen LogP contribution in [0.5, 0.6) is 0 Å². The highest BCUT2D eigenvalue weighted by atomic mass is 32.2. The third kappa shape index (κ3) is 5.53. The first-order valence-corrected chi connectivity index (χ1v) is 6.68. The van der Waals surface area contributed by atoms with Crippen LogP contribution in [0.3, 0.4) is 0 Å². The lowest BCUT2D eigenvalue weighted by molar-refractivity contribution is -0.138. The predicted molar refractivity (Wildman–Crippen MR) is 69.3 cm³/mol. The molecule has 0 amide bonds. The van der Waals surface area contributed by atoms with E-state index in [1.165, 1.54) is 11.8 Å². The first-order valence-electron chi connectivity index (χ1n) is 5.52. The standard InChI is InChI=1S/C13H13F4NS/c1-2-6-19-7-5-18-9-10-3-4-11(14)8-12(10)13(15,16)17/h1,3-4,8,18H,5-7,9H2. The molecule has 0 atom stereocenters. The number of benzene rings is 1. The van der Waals surface area contributed by atoms with Gasteiger partial charge in [0.25, 0.3) is 0 Å². The van der Waals surface area contributed by atoms with Gasteiger partial charge in [-0.25, -0.2) is 4.39 Å². The number of nitrogens with one attached hydrogen (secondary N) is 1. The van der Waals surface area contributed by atoms with Gasteiger partial charge in [-0.05, 0) is 17.7 Å². The Bertz CT molecular complexity index is 451. The van der Waals surface area contributed by atoms with Crippen LogP contribution in [0.15, 0.2) is 18.2 Å². The summed E-state index contributed by atoms with van der Waals surface area (Å²) in [5, 5.41) is 2.88. The molecule has 1 rings (SSSR count). The zero-order valence-electron chi connectivity index (χ0n) is 10.1. The molecule has 0 spiro atoms. The van der Waals surface area contributed by atoms with Gasteiger partial charge in [0, 0.05) is 18.8 Å². The SMILES string of the molecule is C#CCSCCNCc1ccc(F)cc1C(F)(F)F. The number of hydrogen-bond donors (Lipinski definition) is 1. The molecule has 0 radical (unpaired) electrons. The zero-order valence-corrected chi connectivity index (χ0v) is 10.9. The van der Waals surface area contributed by atoms with E-state index in [1.807, 2.05) is 0 Å². The van der Waals surface area contributed by atoms with E-state index in [0.717, 1.165) is 12.1 Å². The molecular weight excluding hydrogens is 278 g/mol. The van der Waals surface area contributed by atoms with Crippen LogP contribution in [0.4, 0.5) is 17.6 Å². The fourth-order valence-electron chi connectivity index (χ4n) is 1.47. The summed E-state index contributed by atoms with van der Waals surface area (Å²) in [4.78, 5) is 0. The fourth-order valence-corrected chi connectivity index (χ4v) is 2.02. The summed E-state index contributed by atoms with van der Waals surface area (Å²) in [6.45, 7) is 0.590. The monoisotopic (exact) mass is 291 g/mol. The van der Waals surface area contributed by atoms with E-state index in [4.69, 9.17) is 6.42 Å². The predicted octanol–water partition coefficient (Wildman–Crippen LogP) is 3.30. The van der Waals surface area contributed by atoms with Crippen molar-refractivity contribution in [3.8, 4) is 12.3 Å². The molecule has 19 heavy (non-hydrogen) atoms. The number of thioether (sulfide) groups is 1. The van der Waals surface area contributed by atoms with Gasteiger partial charge in [0.2, 0.25) is 0 Å². The second-order valence-electron chi connectivity index (χ2n) is 3.73. The van der Waals surface area contributed by atoms with Gasteiger partial charge in [-0.2, -0.15) is 13.2 Å². The lowest BCUT2D eigenvalue weighted by atomic mass is 10.1. The van der Waals surface area contributed by atoms with Gasteiger partial charge in [-0.1, -0.05) is 12.0 Å². The molecule has 0 heterocycles. The number of rotatable bonds is 6. The number of alkyl halides is 3. The average Bonchev–Trinajstić information content (AvgIpc) is 2.34. The number of terminal acetylenes is 1. The van der Waals surface area contributed by atoms with Crippen molar-refractivity contribution in [3.05, 3.63) is 35.1 Å². The Morgan fingerprint density at radius 3 is 2.68 bits per heavy atom. The topological polar surface area (TPSA) is 12.0 Å². The summed E-state index contributed by atoms with van der Waals surface area (Å²) in [6.07, 6.45) is 0.520. The van der Waals surface area contributed by atoms with E-state index in [9.17, 15) is 17.6 Å². The second kappa shape index (κ2) is 7.41. The van der Waals surface area contributed by atoms with Crippen LogP contribution in [0.25, 0.3) is 0 Å². The van der Waals surface area contributed by atoms with Gasteiger partial charge in [0.15, 0.2) is 0 Å². The van der Waals surface area contributed by atoms with Crippen molar-refractivity contribution in [1.82, 2.24) is 5.32 Å². The van der Waals surface area contributed by atoms with E-state index in [-0.39, 0.29) is 12.1 Å². The minimum absolute atomic E-state index is 0.0378. The summed E-state index contributed by atoms with van der Waals surface area (Å²) in [5.41, 5.74) is -0.896. The average molecular weight is 291 g/mol. The summed E-state index contributed by atoms with van der Waals surface area (Å²) in [6, 6.07) is 2.70. The second-order valence-corrected chi connectivity index (χ2v) is 4.84. The Hall–Kier alpha value is -1.19. The maximum atomic E-state index is 12.9. The molecule has 104 valence electrons. The summed E-state index contributed by atoms with van der Waals surface area (Å²) in [5.74, 6) is 2.86. The molecule has 0 aliphatic rings. The van der Waals surface area contributed by atoms with Crippen molar-refractivity contribution in [2.24, 2.45) is 0 Å². The van der Waals surface area contributed by atoms with Gasteiger partial charge in [-0.3, -0.25) is 0 Å². The molecule has 1 N–H and O–H groups in total. The van der Waals surface area contributed by atoms with E-state index < -0.39 is 17.6 Å². The molecule has 0 bridgehead atoms. The minimum atomic E-state index is -4.54. The van der Waals surface area contributed by atoms with E-state index in [1.54, 1.807) is 0 Å². The van der Waals surface area contributed by atoms with Crippen LogP contribution in [0.2, 0.25) is 0 Å². The molecule has 6 heteroatoms. The Kier molecular flexibility index (Phi) is 6.19. The normalized spacial score (nSPS) is 11.3. The molecule has 1 aromatic rings. The first-order chi connectivity index (χ1) is 8.95. The Morgan fingerprint density at radius 2 is 2.05 bits per heavy atom. The maximum Gasteiger partial charge on any atom is 0.416 e. The molecular formula is C13H13F4NS. The Morgan fingerprint density at radius 1 is 1.32 bits per heavy atom. The number of halogens is 4. The lowest BCUT2D eigenvalue weighted by Crippen LogP contribution is -2.20. The van der Waals surface area contributed by atoms with Crippen molar-refractivity contribution >= 4 is 11.8 Å². The van der Waals surface area contributed by atoms with Crippen LogP contribution >= 0.6 is 11.8 Å². The third-order valence-electron chi connectivity index (χ3n) is 2.30. The molecule has 0 saturated heterocycles. The van der Waals surface area contributed by atoms with Crippen molar-refractivity contribution < 1.29 is 17.6 Å². The van der Waals surface area contributed by atoms with Crippen LogP contribution in [0.1, 0.15) is 11.1 Å². The van der Waals surface area contributed by atoms with E-state index >= 15 is 0 Å². The van der Waals surface area contributed by atoms with Crippen LogP contribution in [0, 0.1) is 18.2 Å². The molecule has 1 nitrogen and oxygen atoms in total. The Labute approximate surface area is 113 Å². The van der Waals surface area contributed by atoms with Crippen LogP contribution < -0.4 is 5.32 Å². The maximum absolute atomic E-state index is 12.9. The molecule has 1 aromatic carbocycles. The molecule has 0 aliphatic heterocycles. The van der Waals surface area contributed by atoms with Gasteiger partial charge in [-0.15, -0.1) is 18.2 Å². The summed E-state index contributed by atoms with van der Waals surface area (Å²) < 4.78 is 50.9. The third-order valence-corrected chi connectivity index (χ3v) is 3.16. The summed E-state index contributed by atoms with van der Waals surface area (Å²) in [7, 11) is 0. The van der Waals surface area contributed by atoms with Gasteiger partial charge >= 0.3 is 6.18 Å². The van der Waals surface area contributed by atoms with Gasteiger partial charge < -0.3 is 5.32 Å². The largest absolute Gasteiger partial charge is 0.416 e. The van der Waals surface area contributed by atoms with E-state index in [0.29, 0.717) is 24.1 Å². The smallest absolute Gasteiger partial charge is 0.312 e. The van der Waals surface area contributed by atoms with Crippen LogP contribution in [-0.4, -0.2) is 18.1 Å². The molecule has 0 saturated carbocycles. The number of hydrogen-bond acceptors (Lipinski definition) is 2. The quantitative estimate of drug-likeness (QED) is 0.490. The Balaban J connectivity index is 2.56. The minimum Gasteiger partial charge on any atom is -0.312 e. The molecule has 0 aromatic heterocycles. The van der Waals surface area contributed by atoms with Gasteiger partial charge in [0.1, 0.15) is 5.82 Å². The van der Waals surface area contributed by atoms with Crippen molar-refractivity contribution in [2.75, 3.05) is 18.1 Å². The lowest BCUT2D eigenvalue weighted by Gasteiger charge is -2.13. The van der Waals surface area contributed by atoms with Crippen molar-refractivity contribution in [3.63, 3.8) is 0 Å².